The maximum atomic E-state index is 16.6. The van der Waals surface area contributed by atoms with Crippen LogP contribution in [0, 0.1) is 11.6 Å². The molecule has 4 aromatic carbocycles. The van der Waals surface area contributed by atoms with E-state index in [4.69, 9.17) is 30.4 Å². The maximum absolute atomic E-state index is 16.6. The molecule has 8 rings (SSSR count). The van der Waals surface area contributed by atoms with E-state index in [0.29, 0.717) is 0 Å². The minimum atomic E-state index is -1.52. The molecular weight excluding hydrogens is 714 g/mol. The number of fused-ring (bicyclic) bond motifs is 8. The SMILES string of the molecule is COc1c(C(N)=O)ccc2c1nc1n2CCn2c(nc3c(OC)c(C(N)=O)ccc32)-c2c(C(=O)O)ccc(c2F)OCCOc2cc(F)c-1c(C(=O)O)c2. The van der Waals surface area contributed by atoms with Crippen LogP contribution in [0.4, 0.5) is 8.78 Å². The van der Waals surface area contributed by atoms with Crippen LogP contribution in [0.5, 0.6) is 23.0 Å². The molecular formula is C36H28F2N6O10. The van der Waals surface area contributed by atoms with Crippen LogP contribution < -0.4 is 30.4 Å². The first kappa shape index (κ1) is 35.2. The van der Waals surface area contributed by atoms with Gasteiger partial charge in [0.05, 0.1) is 58.6 Å². The van der Waals surface area contributed by atoms with Gasteiger partial charge in [-0.05, 0) is 42.5 Å². The summed E-state index contributed by atoms with van der Waals surface area (Å²) in [7, 11) is 2.53. The molecule has 0 unspecified atom stereocenters. The third kappa shape index (κ3) is 5.60. The minimum Gasteiger partial charge on any atom is -0.494 e. The normalized spacial score (nSPS) is 12.7. The molecule has 16 nitrogen and oxygen atoms in total. The molecule has 2 aliphatic heterocycles. The van der Waals surface area contributed by atoms with Gasteiger partial charge in [0.15, 0.2) is 23.1 Å². The van der Waals surface area contributed by atoms with E-state index in [-0.39, 0.29) is 94.1 Å². The van der Waals surface area contributed by atoms with E-state index in [1.165, 1.54) is 47.6 Å². The fourth-order valence-corrected chi connectivity index (χ4v) is 6.61. The number of nitrogens with two attached hydrogens (primary N) is 2. The van der Waals surface area contributed by atoms with Gasteiger partial charge in [0.2, 0.25) is 0 Å². The van der Waals surface area contributed by atoms with Crippen LogP contribution >= 0.6 is 0 Å². The van der Waals surface area contributed by atoms with E-state index in [9.17, 15) is 29.4 Å². The van der Waals surface area contributed by atoms with E-state index in [1.54, 1.807) is 0 Å². The molecule has 2 aromatic heterocycles. The molecule has 0 radical (unpaired) electrons. The third-order valence-corrected chi connectivity index (χ3v) is 8.92. The van der Waals surface area contributed by atoms with Crippen molar-refractivity contribution in [3.05, 3.63) is 82.4 Å². The van der Waals surface area contributed by atoms with E-state index in [1.807, 2.05) is 0 Å². The number of aromatic carboxylic acids is 2. The van der Waals surface area contributed by atoms with Crippen LogP contribution in [0.1, 0.15) is 41.4 Å². The van der Waals surface area contributed by atoms with Crippen molar-refractivity contribution in [2.75, 3.05) is 27.4 Å². The Kier molecular flexibility index (Phi) is 8.72. The third-order valence-electron chi connectivity index (χ3n) is 8.92. The van der Waals surface area contributed by atoms with Crippen LogP contribution in [0.2, 0.25) is 0 Å². The number of ether oxygens (including phenoxy) is 4. The first-order valence-corrected chi connectivity index (χ1v) is 16.0. The fourth-order valence-electron chi connectivity index (χ4n) is 6.61. The quantitative estimate of drug-likeness (QED) is 0.189. The molecule has 0 atom stereocenters. The largest absolute Gasteiger partial charge is 0.494 e. The molecule has 0 saturated carbocycles. The molecule has 276 valence electrons. The van der Waals surface area contributed by atoms with E-state index in [2.05, 4.69) is 9.97 Å². The van der Waals surface area contributed by atoms with Crippen LogP contribution in [0.25, 0.3) is 44.8 Å². The fraction of sp³-hybridized carbons (Fsp3) is 0.167. The summed E-state index contributed by atoms with van der Waals surface area (Å²) in [5.41, 5.74) is 9.68. The topological polar surface area (TPSA) is 233 Å². The second kappa shape index (κ2) is 13.4. The number of nitrogens with zero attached hydrogens (tertiary/aromatic N) is 4. The van der Waals surface area contributed by atoms with Gasteiger partial charge in [0.25, 0.3) is 11.8 Å². The Morgan fingerprint density at radius 1 is 0.704 bits per heavy atom. The second-order valence-corrected chi connectivity index (χ2v) is 11.9. The number of aryl methyl sites for hydroxylation is 2. The van der Waals surface area contributed by atoms with Gasteiger partial charge >= 0.3 is 11.9 Å². The van der Waals surface area contributed by atoms with Gasteiger partial charge in [-0.1, -0.05) is 0 Å². The number of carboxylic acids is 2. The Morgan fingerprint density at radius 2 is 1.20 bits per heavy atom. The standard InChI is InChI=1S/C36H28F2N6O10/c1-51-29-17(31(39)45)3-6-21-27(29)41-33-24-19(36(49)50)13-15(14-20(24)37)53-11-12-54-23-8-5-16(35(47)48)25(26(23)38)34-42-28-22(44(34)10-9-43(21)33)7-4-18(32(40)46)30(28)52-2/h3-8,13-14H,9-12H2,1-2H3,(H2,39,45)(H2,40,46)(H,47,48)(H,49,50). The lowest BCUT2D eigenvalue weighted by atomic mass is 10.0. The molecule has 0 aliphatic carbocycles. The Hall–Kier alpha value is -7.24. The molecule has 0 saturated heterocycles. The molecule has 4 heterocycles. The van der Waals surface area contributed by atoms with Crippen molar-refractivity contribution in [2.45, 2.75) is 13.1 Å². The number of methoxy groups -OCH3 is 2. The van der Waals surface area contributed by atoms with Gasteiger partial charge in [0, 0.05) is 19.2 Å². The number of benzene rings is 4. The maximum Gasteiger partial charge on any atom is 0.336 e. The highest BCUT2D eigenvalue weighted by Gasteiger charge is 2.30. The summed E-state index contributed by atoms with van der Waals surface area (Å²) in [5.74, 6) is -7.99. The molecule has 6 aromatic rings. The smallest absolute Gasteiger partial charge is 0.336 e. The highest BCUT2D eigenvalue weighted by Crippen LogP contribution is 2.40. The summed E-state index contributed by atoms with van der Waals surface area (Å²) in [6.45, 7) is -1.04. The summed E-state index contributed by atoms with van der Waals surface area (Å²) in [5, 5.41) is 20.5. The first-order chi connectivity index (χ1) is 25.9. The highest BCUT2D eigenvalue weighted by molar-refractivity contribution is 6.04. The molecule has 18 heteroatoms. The van der Waals surface area contributed by atoms with E-state index in [0.717, 1.165) is 24.3 Å². The summed E-state index contributed by atoms with van der Waals surface area (Å²) in [4.78, 5) is 59.1. The van der Waals surface area contributed by atoms with Crippen molar-refractivity contribution in [1.29, 1.82) is 0 Å². The van der Waals surface area contributed by atoms with Gasteiger partial charge < -0.3 is 49.8 Å². The van der Waals surface area contributed by atoms with Crippen molar-refractivity contribution >= 4 is 45.8 Å². The lowest BCUT2D eigenvalue weighted by Gasteiger charge is -2.16. The number of rotatable bonds is 6. The number of hydrogen-bond donors (Lipinski definition) is 4. The van der Waals surface area contributed by atoms with Gasteiger partial charge in [-0.2, -0.15) is 0 Å². The Bertz CT molecular complexity index is 2600. The van der Waals surface area contributed by atoms with E-state index >= 15 is 8.78 Å². The molecule has 4 bridgehead atoms. The second-order valence-electron chi connectivity index (χ2n) is 11.9. The van der Waals surface area contributed by atoms with Crippen molar-refractivity contribution in [3.63, 3.8) is 0 Å². The van der Waals surface area contributed by atoms with E-state index < -0.39 is 57.6 Å². The number of imidazole rings is 2. The number of primary amides is 2. The highest BCUT2D eigenvalue weighted by atomic mass is 19.1. The van der Waals surface area contributed by atoms with Gasteiger partial charge in [0.1, 0.15) is 47.5 Å². The van der Waals surface area contributed by atoms with Crippen LogP contribution in [-0.4, -0.2) is 80.5 Å². The average Bonchev–Trinajstić information content (AvgIpc) is 3.68. The predicted molar refractivity (Wildman–Crippen MR) is 185 cm³/mol. The van der Waals surface area contributed by atoms with Gasteiger partial charge in [-0.3, -0.25) is 9.59 Å². The molecule has 6 N–H and O–H groups in total. The van der Waals surface area contributed by atoms with Gasteiger partial charge in [-0.15, -0.1) is 0 Å². The molecule has 2 aliphatic rings. The molecule has 0 fully saturated rings. The Labute approximate surface area is 302 Å². The number of carbonyl (C=O) groups excluding carboxylic acids is 2. The van der Waals surface area contributed by atoms with Crippen molar-refractivity contribution in [3.8, 4) is 45.8 Å². The zero-order valence-electron chi connectivity index (χ0n) is 28.3. The zero-order valence-corrected chi connectivity index (χ0v) is 28.3. The number of aromatic nitrogens is 4. The van der Waals surface area contributed by atoms with Crippen molar-refractivity contribution in [2.24, 2.45) is 11.5 Å². The number of carbonyl (C=O) groups is 4. The lowest BCUT2D eigenvalue weighted by molar-refractivity contribution is 0.0686. The van der Waals surface area contributed by atoms with Crippen LogP contribution in [0.15, 0.2) is 48.5 Å². The summed E-state index contributed by atoms with van der Waals surface area (Å²) in [6.07, 6.45) is 0. The summed E-state index contributed by atoms with van der Waals surface area (Å²) >= 11 is 0. The van der Waals surface area contributed by atoms with Crippen molar-refractivity contribution in [1.82, 2.24) is 19.1 Å². The minimum absolute atomic E-state index is 0.0203. The number of hydrogen-bond acceptors (Lipinski definition) is 10. The van der Waals surface area contributed by atoms with Crippen LogP contribution in [-0.2, 0) is 13.1 Å². The Morgan fingerprint density at radius 3 is 1.70 bits per heavy atom. The van der Waals surface area contributed by atoms with Crippen molar-refractivity contribution < 1.29 is 57.1 Å². The lowest BCUT2D eigenvalue weighted by Crippen LogP contribution is -2.14. The number of halogens is 2. The predicted octanol–water partition coefficient (Wildman–Crippen LogP) is 4.08. The number of carboxylic acid groups (broad SMARTS) is 2. The number of amides is 2. The molecule has 0 spiro atoms. The average molecular weight is 743 g/mol. The van der Waals surface area contributed by atoms with Gasteiger partial charge in [-0.25, -0.2) is 28.3 Å². The van der Waals surface area contributed by atoms with Crippen LogP contribution in [0.3, 0.4) is 0 Å². The Balaban J connectivity index is 1.58. The summed E-state index contributed by atoms with van der Waals surface area (Å²) < 4.78 is 57.9. The summed E-state index contributed by atoms with van der Waals surface area (Å²) in [6, 6.07) is 9.95. The first-order valence-electron chi connectivity index (χ1n) is 16.0. The monoisotopic (exact) mass is 742 g/mol. The zero-order chi connectivity index (χ0) is 38.6. The molecule has 2 amide bonds. The molecule has 54 heavy (non-hydrogen) atoms.